The molecule has 160 valence electrons. The standard InChI is InChI=1S/C21H27F2NO4S/c22-21(23,16-8-4-3-5-9-16)18(25)12-11-17-13-15-29-20(28)24(17)14-7-2-1-6-10-19(26)27/h3-5,8-9,11-12,17-18,25H,1-2,6-7,10,13-15H2,(H,26,27). The van der Waals surface area contributed by atoms with Gasteiger partial charge in [-0.3, -0.25) is 9.59 Å². The summed E-state index contributed by atoms with van der Waals surface area (Å²) in [6, 6.07) is 6.84. The summed E-state index contributed by atoms with van der Waals surface area (Å²) in [5, 5.41) is 18.6. The Balaban J connectivity index is 1.92. The molecule has 0 aliphatic carbocycles. The fourth-order valence-corrected chi connectivity index (χ4v) is 4.12. The van der Waals surface area contributed by atoms with Crippen LogP contribution in [-0.4, -0.2) is 50.8 Å². The van der Waals surface area contributed by atoms with E-state index in [2.05, 4.69) is 0 Å². The quantitative estimate of drug-likeness (QED) is 0.397. The first-order chi connectivity index (χ1) is 13.8. The number of aliphatic carboxylic acids is 1. The van der Waals surface area contributed by atoms with Crippen LogP contribution in [0.15, 0.2) is 42.5 Å². The Hall–Kier alpha value is -1.93. The highest BCUT2D eigenvalue weighted by molar-refractivity contribution is 8.13. The predicted molar refractivity (Wildman–Crippen MR) is 109 cm³/mol. The monoisotopic (exact) mass is 427 g/mol. The molecule has 2 unspecified atom stereocenters. The van der Waals surface area contributed by atoms with E-state index in [0.29, 0.717) is 25.1 Å². The second-order valence-corrected chi connectivity index (χ2v) is 8.09. The zero-order chi connectivity index (χ0) is 21.3. The normalized spacial score (nSPS) is 18.9. The topological polar surface area (TPSA) is 77.8 Å². The molecule has 0 spiro atoms. The van der Waals surface area contributed by atoms with Crippen molar-refractivity contribution in [1.29, 1.82) is 0 Å². The van der Waals surface area contributed by atoms with Gasteiger partial charge in [0.15, 0.2) is 0 Å². The molecule has 1 aromatic rings. The number of carbonyl (C=O) groups is 2. The lowest BCUT2D eigenvalue weighted by Gasteiger charge is -2.33. The van der Waals surface area contributed by atoms with Gasteiger partial charge in [-0.1, -0.05) is 67.1 Å². The zero-order valence-electron chi connectivity index (χ0n) is 16.2. The molecular weight excluding hydrogens is 400 g/mol. The number of amides is 1. The minimum Gasteiger partial charge on any atom is -0.481 e. The highest BCUT2D eigenvalue weighted by Crippen LogP contribution is 2.33. The van der Waals surface area contributed by atoms with Crippen molar-refractivity contribution >= 4 is 23.0 Å². The second-order valence-electron chi connectivity index (χ2n) is 7.04. The Morgan fingerprint density at radius 3 is 2.62 bits per heavy atom. The van der Waals surface area contributed by atoms with E-state index in [1.165, 1.54) is 42.1 Å². The molecule has 0 bridgehead atoms. The molecule has 1 aromatic carbocycles. The number of carboxylic acids is 1. The van der Waals surface area contributed by atoms with Crippen molar-refractivity contribution in [2.45, 2.75) is 56.6 Å². The maximum Gasteiger partial charge on any atom is 0.303 e. The SMILES string of the molecule is O=C(O)CCCCCCN1C(=O)SCCC1C=CC(O)C(F)(F)c1ccccc1. The van der Waals surface area contributed by atoms with Crippen LogP contribution in [0.1, 0.15) is 44.1 Å². The van der Waals surface area contributed by atoms with Gasteiger partial charge in [0.2, 0.25) is 0 Å². The summed E-state index contributed by atoms with van der Waals surface area (Å²) < 4.78 is 28.9. The number of aliphatic hydroxyl groups is 1. The minimum atomic E-state index is -3.42. The number of alkyl halides is 2. The molecule has 0 saturated carbocycles. The maximum absolute atomic E-state index is 14.4. The number of rotatable bonds is 11. The van der Waals surface area contributed by atoms with Gasteiger partial charge in [-0.25, -0.2) is 0 Å². The lowest BCUT2D eigenvalue weighted by Crippen LogP contribution is -2.41. The number of hydrogen-bond acceptors (Lipinski definition) is 4. The lowest BCUT2D eigenvalue weighted by molar-refractivity contribution is -0.137. The van der Waals surface area contributed by atoms with Crippen LogP contribution < -0.4 is 0 Å². The summed E-state index contributed by atoms with van der Waals surface area (Å²) in [7, 11) is 0. The molecule has 0 radical (unpaired) electrons. The number of benzene rings is 1. The molecule has 1 heterocycles. The van der Waals surface area contributed by atoms with Crippen molar-refractivity contribution in [2.75, 3.05) is 12.3 Å². The third-order valence-electron chi connectivity index (χ3n) is 4.86. The zero-order valence-corrected chi connectivity index (χ0v) is 17.0. The highest BCUT2D eigenvalue weighted by atomic mass is 32.2. The Bertz CT molecular complexity index is 699. The minimum absolute atomic E-state index is 0.0965. The molecule has 2 rings (SSSR count). The molecular formula is C21H27F2NO4S. The lowest BCUT2D eigenvalue weighted by atomic mass is 10.0. The number of halogens is 2. The van der Waals surface area contributed by atoms with Crippen molar-refractivity contribution < 1.29 is 28.6 Å². The van der Waals surface area contributed by atoms with Crippen LogP contribution in [0.25, 0.3) is 0 Å². The fourth-order valence-electron chi connectivity index (χ4n) is 3.20. The van der Waals surface area contributed by atoms with E-state index >= 15 is 0 Å². The van der Waals surface area contributed by atoms with Crippen molar-refractivity contribution in [3.8, 4) is 0 Å². The van der Waals surface area contributed by atoms with Gasteiger partial charge >= 0.3 is 11.9 Å². The maximum atomic E-state index is 14.4. The number of thioether (sulfide) groups is 1. The largest absolute Gasteiger partial charge is 0.481 e. The predicted octanol–water partition coefficient (Wildman–Crippen LogP) is 4.66. The van der Waals surface area contributed by atoms with Gasteiger partial charge in [-0.15, -0.1) is 0 Å². The van der Waals surface area contributed by atoms with Gasteiger partial charge in [-0.05, 0) is 19.3 Å². The average molecular weight is 428 g/mol. The summed E-state index contributed by atoms with van der Waals surface area (Å²) in [5.41, 5.74) is -0.259. The van der Waals surface area contributed by atoms with Crippen LogP contribution in [0.4, 0.5) is 13.6 Å². The van der Waals surface area contributed by atoms with Gasteiger partial charge in [0, 0.05) is 24.3 Å². The highest BCUT2D eigenvalue weighted by Gasteiger charge is 2.39. The summed E-state index contributed by atoms with van der Waals surface area (Å²) >= 11 is 1.20. The van der Waals surface area contributed by atoms with Gasteiger partial charge in [0.25, 0.3) is 5.24 Å². The summed E-state index contributed by atoms with van der Waals surface area (Å²) in [6.07, 6.45) is 4.27. The Labute approximate surface area is 173 Å². The fraction of sp³-hybridized carbons (Fsp3) is 0.524. The Kier molecular flexibility index (Phi) is 9.10. The van der Waals surface area contributed by atoms with Crippen LogP contribution in [0, 0.1) is 0 Å². The van der Waals surface area contributed by atoms with Crippen molar-refractivity contribution in [3.63, 3.8) is 0 Å². The third-order valence-corrected chi connectivity index (χ3v) is 5.78. The molecule has 5 nitrogen and oxygen atoms in total. The van der Waals surface area contributed by atoms with Crippen LogP contribution in [0.3, 0.4) is 0 Å². The second kappa shape index (κ2) is 11.3. The van der Waals surface area contributed by atoms with E-state index in [1.54, 1.807) is 11.0 Å². The van der Waals surface area contributed by atoms with Crippen LogP contribution in [0.2, 0.25) is 0 Å². The number of carboxylic acid groups (broad SMARTS) is 1. The number of unbranched alkanes of at least 4 members (excludes halogenated alkanes) is 3. The number of hydrogen-bond donors (Lipinski definition) is 2. The molecule has 2 atom stereocenters. The summed E-state index contributed by atoms with van der Waals surface area (Å²) in [4.78, 5) is 24.4. The first-order valence-electron chi connectivity index (χ1n) is 9.77. The van der Waals surface area contributed by atoms with Crippen molar-refractivity contribution in [2.24, 2.45) is 0 Å². The van der Waals surface area contributed by atoms with E-state index in [9.17, 15) is 23.5 Å². The smallest absolute Gasteiger partial charge is 0.303 e. The summed E-state index contributed by atoms with van der Waals surface area (Å²) in [5.74, 6) is -3.63. The van der Waals surface area contributed by atoms with E-state index in [0.717, 1.165) is 25.3 Å². The van der Waals surface area contributed by atoms with E-state index in [-0.39, 0.29) is 23.3 Å². The molecule has 2 N–H and O–H groups in total. The van der Waals surface area contributed by atoms with Crippen LogP contribution in [-0.2, 0) is 10.7 Å². The number of carbonyl (C=O) groups excluding carboxylic acids is 1. The molecule has 0 aromatic heterocycles. The first-order valence-corrected chi connectivity index (χ1v) is 10.8. The van der Waals surface area contributed by atoms with Gasteiger partial charge in [0.05, 0.1) is 6.04 Å². The number of aliphatic hydroxyl groups excluding tert-OH is 1. The van der Waals surface area contributed by atoms with Gasteiger partial charge < -0.3 is 15.1 Å². The Morgan fingerprint density at radius 2 is 1.93 bits per heavy atom. The molecule has 1 aliphatic rings. The first kappa shape index (κ1) is 23.3. The average Bonchev–Trinajstić information content (AvgIpc) is 2.70. The van der Waals surface area contributed by atoms with Gasteiger partial charge in [-0.2, -0.15) is 8.78 Å². The van der Waals surface area contributed by atoms with Crippen LogP contribution in [0.5, 0.6) is 0 Å². The van der Waals surface area contributed by atoms with E-state index in [4.69, 9.17) is 5.11 Å². The Morgan fingerprint density at radius 1 is 1.24 bits per heavy atom. The molecule has 1 amide bonds. The van der Waals surface area contributed by atoms with Gasteiger partial charge in [0.1, 0.15) is 6.10 Å². The molecule has 8 heteroatoms. The molecule has 1 fully saturated rings. The molecule has 1 aliphatic heterocycles. The third kappa shape index (κ3) is 7.12. The van der Waals surface area contributed by atoms with E-state index < -0.39 is 18.0 Å². The molecule has 29 heavy (non-hydrogen) atoms. The van der Waals surface area contributed by atoms with E-state index in [1.807, 2.05) is 0 Å². The van der Waals surface area contributed by atoms with Crippen molar-refractivity contribution in [3.05, 3.63) is 48.0 Å². The van der Waals surface area contributed by atoms with Crippen molar-refractivity contribution in [1.82, 2.24) is 4.90 Å². The number of nitrogens with zero attached hydrogens (tertiary/aromatic N) is 1. The molecule has 1 saturated heterocycles. The summed E-state index contributed by atoms with van der Waals surface area (Å²) in [6.45, 7) is 0.485. The van der Waals surface area contributed by atoms with Crippen LogP contribution >= 0.6 is 11.8 Å².